The van der Waals surface area contributed by atoms with Crippen molar-refractivity contribution in [2.75, 3.05) is 49.5 Å². The third-order valence-corrected chi connectivity index (χ3v) is 5.44. The Kier molecular flexibility index (Phi) is 5.50. The number of ether oxygens (including phenoxy) is 1. The zero-order valence-electron chi connectivity index (χ0n) is 16.2. The zero-order chi connectivity index (χ0) is 19.5. The molecule has 2 N–H and O–H groups in total. The van der Waals surface area contributed by atoms with Crippen LogP contribution in [0.15, 0.2) is 42.5 Å². The second-order valence-electron chi connectivity index (χ2n) is 7.58. The number of para-hydroxylation sites is 1. The van der Waals surface area contributed by atoms with Gasteiger partial charge in [0.25, 0.3) is 0 Å². The molecule has 0 saturated carbocycles. The minimum absolute atomic E-state index is 0.0111. The fraction of sp³-hybridized carbons (Fsp3) is 0.409. The number of anilines is 2. The quantitative estimate of drug-likeness (QED) is 0.802. The molecule has 2 aliphatic rings. The largest absolute Gasteiger partial charge is 0.491 e. The van der Waals surface area contributed by atoms with Crippen LogP contribution in [0.3, 0.4) is 0 Å². The molecule has 6 nitrogen and oxygen atoms in total. The van der Waals surface area contributed by atoms with E-state index in [-0.39, 0.29) is 12.5 Å². The summed E-state index contributed by atoms with van der Waals surface area (Å²) in [5, 5.41) is 13.2. The molecule has 28 heavy (non-hydrogen) atoms. The van der Waals surface area contributed by atoms with Crippen molar-refractivity contribution < 1.29 is 14.6 Å². The fourth-order valence-electron chi connectivity index (χ4n) is 3.93. The Hall–Kier alpha value is -2.57. The number of piperazine rings is 1. The smallest absolute Gasteiger partial charge is 0.228 e. The Labute approximate surface area is 165 Å². The number of hydrogen-bond acceptors (Lipinski definition) is 5. The average Bonchev–Trinajstić information content (AvgIpc) is 3.07. The Morgan fingerprint density at radius 1 is 1.14 bits per heavy atom. The van der Waals surface area contributed by atoms with Crippen LogP contribution in [0.5, 0.6) is 5.75 Å². The summed E-state index contributed by atoms with van der Waals surface area (Å²) in [5.74, 6) is 0.704. The van der Waals surface area contributed by atoms with Crippen LogP contribution >= 0.6 is 0 Å². The normalized spacial score (nSPS) is 17.9. The van der Waals surface area contributed by atoms with Crippen molar-refractivity contribution in [3.8, 4) is 5.75 Å². The first-order valence-corrected chi connectivity index (χ1v) is 9.85. The monoisotopic (exact) mass is 381 g/mol. The molecular weight excluding hydrogens is 354 g/mol. The number of benzene rings is 2. The first-order valence-electron chi connectivity index (χ1n) is 9.85. The lowest BCUT2D eigenvalue weighted by Crippen LogP contribution is -2.49. The average molecular weight is 381 g/mol. The number of carbonyl (C=O) groups excluding carboxylic acids is 1. The zero-order valence-corrected chi connectivity index (χ0v) is 16.2. The number of nitrogens with one attached hydrogen (secondary N) is 1. The van der Waals surface area contributed by atoms with E-state index in [0.717, 1.165) is 37.4 Å². The first kappa shape index (κ1) is 18.8. The molecule has 1 fully saturated rings. The predicted octanol–water partition coefficient (Wildman–Crippen LogP) is 2.05. The van der Waals surface area contributed by atoms with Gasteiger partial charge in [-0.3, -0.25) is 9.69 Å². The van der Waals surface area contributed by atoms with Crippen LogP contribution in [0.1, 0.15) is 11.1 Å². The summed E-state index contributed by atoms with van der Waals surface area (Å²) in [4.78, 5) is 16.1. The number of aliphatic hydroxyl groups is 1. The molecule has 1 atom stereocenters. The van der Waals surface area contributed by atoms with Gasteiger partial charge in [-0.1, -0.05) is 18.2 Å². The van der Waals surface area contributed by atoms with Crippen LogP contribution in [0.2, 0.25) is 0 Å². The molecule has 1 saturated heterocycles. The highest BCUT2D eigenvalue weighted by Gasteiger charge is 2.21. The highest BCUT2D eigenvalue weighted by atomic mass is 16.5. The van der Waals surface area contributed by atoms with Crippen molar-refractivity contribution >= 4 is 17.3 Å². The third-order valence-electron chi connectivity index (χ3n) is 5.44. The number of hydrogen-bond donors (Lipinski definition) is 2. The lowest BCUT2D eigenvalue weighted by Gasteiger charge is -2.37. The van der Waals surface area contributed by atoms with Gasteiger partial charge in [0, 0.05) is 44.1 Å². The van der Waals surface area contributed by atoms with Crippen molar-refractivity contribution in [2.45, 2.75) is 19.4 Å². The maximum absolute atomic E-state index is 11.4. The molecule has 2 aromatic rings. The molecule has 148 valence electrons. The van der Waals surface area contributed by atoms with Crippen LogP contribution in [0.25, 0.3) is 0 Å². The maximum Gasteiger partial charge on any atom is 0.228 e. The second-order valence-corrected chi connectivity index (χ2v) is 7.58. The van der Waals surface area contributed by atoms with Crippen LogP contribution in [-0.4, -0.2) is 61.3 Å². The Morgan fingerprint density at radius 2 is 1.93 bits per heavy atom. The molecule has 2 aromatic carbocycles. The summed E-state index contributed by atoms with van der Waals surface area (Å²) in [6.07, 6.45) is -0.154. The van der Waals surface area contributed by atoms with Crippen molar-refractivity contribution in [1.29, 1.82) is 0 Å². The lowest BCUT2D eigenvalue weighted by atomic mass is 10.1. The van der Waals surface area contributed by atoms with Crippen molar-refractivity contribution in [1.82, 2.24) is 4.90 Å². The van der Waals surface area contributed by atoms with E-state index in [9.17, 15) is 9.90 Å². The number of nitrogens with zero attached hydrogens (tertiary/aromatic N) is 2. The molecule has 0 aliphatic carbocycles. The van der Waals surface area contributed by atoms with Crippen LogP contribution in [0.4, 0.5) is 11.4 Å². The predicted molar refractivity (Wildman–Crippen MR) is 110 cm³/mol. The van der Waals surface area contributed by atoms with E-state index >= 15 is 0 Å². The summed E-state index contributed by atoms with van der Waals surface area (Å²) in [5.41, 5.74) is 4.40. The van der Waals surface area contributed by atoms with E-state index in [1.807, 2.05) is 18.2 Å². The van der Waals surface area contributed by atoms with Gasteiger partial charge in [-0.25, -0.2) is 0 Å². The van der Waals surface area contributed by atoms with Crippen molar-refractivity contribution in [3.05, 3.63) is 53.6 Å². The van der Waals surface area contributed by atoms with Gasteiger partial charge in [0.2, 0.25) is 5.91 Å². The molecule has 6 heteroatoms. The molecule has 2 aliphatic heterocycles. The second kappa shape index (κ2) is 8.20. The summed E-state index contributed by atoms with van der Waals surface area (Å²) in [6.45, 7) is 6.78. The summed E-state index contributed by atoms with van der Waals surface area (Å²) < 4.78 is 5.75. The fourth-order valence-corrected chi connectivity index (χ4v) is 3.93. The van der Waals surface area contributed by atoms with E-state index in [1.165, 1.54) is 11.3 Å². The Morgan fingerprint density at radius 3 is 2.71 bits per heavy atom. The minimum Gasteiger partial charge on any atom is -0.491 e. The third kappa shape index (κ3) is 4.29. The van der Waals surface area contributed by atoms with E-state index in [0.29, 0.717) is 18.7 Å². The van der Waals surface area contributed by atoms with Crippen LogP contribution < -0.4 is 15.0 Å². The summed E-state index contributed by atoms with van der Waals surface area (Å²) in [6, 6.07) is 14.0. The van der Waals surface area contributed by atoms with Gasteiger partial charge in [-0.2, -0.15) is 0 Å². The van der Waals surface area contributed by atoms with Gasteiger partial charge in [0.15, 0.2) is 0 Å². The number of rotatable bonds is 6. The number of carbonyl (C=O) groups is 1. The summed E-state index contributed by atoms with van der Waals surface area (Å²) >= 11 is 0. The molecule has 0 radical (unpaired) electrons. The number of aliphatic hydroxyl groups excluding tert-OH is 1. The van der Waals surface area contributed by atoms with Gasteiger partial charge in [-0.05, 0) is 42.3 Å². The van der Waals surface area contributed by atoms with Crippen LogP contribution in [-0.2, 0) is 11.2 Å². The number of amides is 1. The molecular formula is C22H27N3O3. The van der Waals surface area contributed by atoms with Gasteiger partial charge in [0.1, 0.15) is 18.5 Å². The Bertz CT molecular complexity index is 847. The standard InChI is InChI=1S/C22H27N3O3/c1-16-4-2-3-5-21(16)25-10-8-24(9-11-25)14-18(26)15-28-19-6-7-20-17(12-19)13-22(27)23-20/h2-7,12,18,26H,8-11,13-15H2,1H3,(H,23,27). The lowest BCUT2D eigenvalue weighted by molar-refractivity contribution is -0.115. The number of fused-ring (bicyclic) bond motifs is 1. The minimum atomic E-state index is -0.543. The van der Waals surface area contributed by atoms with Gasteiger partial charge in [0.05, 0.1) is 6.42 Å². The highest BCUT2D eigenvalue weighted by Crippen LogP contribution is 2.27. The van der Waals surface area contributed by atoms with E-state index in [1.54, 1.807) is 0 Å². The van der Waals surface area contributed by atoms with Gasteiger partial charge >= 0.3 is 0 Å². The topological polar surface area (TPSA) is 65.0 Å². The first-order chi connectivity index (χ1) is 13.6. The van der Waals surface area contributed by atoms with E-state index < -0.39 is 6.10 Å². The van der Waals surface area contributed by atoms with Crippen molar-refractivity contribution in [2.24, 2.45) is 0 Å². The van der Waals surface area contributed by atoms with Crippen LogP contribution in [0, 0.1) is 6.92 Å². The van der Waals surface area contributed by atoms with Gasteiger partial charge in [-0.15, -0.1) is 0 Å². The van der Waals surface area contributed by atoms with Gasteiger partial charge < -0.3 is 20.1 Å². The van der Waals surface area contributed by atoms with E-state index in [4.69, 9.17) is 4.74 Å². The molecule has 0 aromatic heterocycles. The number of aryl methyl sites for hydroxylation is 1. The molecule has 2 heterocycles. The summed E-state index contributed by atoms with van der Waals surface area (Å²) in [7, 11) is 0. The SMILES string of the molecule is Cc1ccccc1N1CCN(CC(O)COc2ccc3c(c2)CC(=O)N3)CC1. The Balaban J connectivity index is 1.23. The van der Waals surface area contributed by atoms with E-state index in [2.05, 4.69) is 46.3 Å². The highest BCUT2D eigenvalue weighted by molar-refractivity contribution is 5.99. The molecule has 1 unspecified atom stereocenters. The molecule has 0 bridgehead atoms. The maximum atomic E-state index is 11.4. The number of β-amino-alcohol motifs (C(OH)–C–C–N with tert-alkyl or cyclic N) is 1. The molecule has 4 rings (SSSR count). The molecule has 1 amide bonds. The van der Waals surface area contributed by atoms with Crippen molar-refractivity contribution in [3.63, 3.8) is 0 Å². The molecule has 0 spiro atoms.